The van der Waals surface area contributed by atoms with Gasteiger partial charge in [-0.3, -0.25) is 0 Å². The molecule has 0 saturated heterocycles. The second kappa shape index (κ2) is 10.6. The van der Waals surface area contributed by atoms with Gasteiger partial charge in [-0.1, -0.05) is 31.5 Å². The molecule has 0 atom stereocenters. The first-order chi connectivity index (χ1) is 9.81. The van der Waals surface area contributed by atoms with E-state index in [4.69, 9.17) is 21.1 Å². The zero-order valence-corrected chi connectivity index (χ0v) is 13.1. The van der Waals surface area contributed by atoms with Crippen molar-refractivity contribution in [2.45, 2.75) is 33.2 Å². The van der Waals surface area contributed by atoms with Crippen LogP contribution in [0.4, 0.5) is 0 Å². The van der Waals surface area contributed by atoms with Crippen LogP contribution in [0.2, 0.25) is 0 Å². The van der Waals surface area contributed by atoms with E-state index in [0.29, 0.717) is 13.2 Å². The number of hydrogen-bond acceptors (Lipinski definition) is 3. The van der Waals surface area contributed by atoms with Crippen molar-refractivity contribution in [1.29, 1.82) is 0 Å². The van der Waals surface area contributed by atoms with Crippen LogP contribution < -0.4 is 14.8 Å². The van der Waals surface area contributed by atoms with Crippen LogP contribution >= 0.6 is 11.6 Å². The molecule has 0 aliphatic carbocycles. The smallest absolute Gasteiger partial charge is 0.127 e. The lowest BCUT2D eigenvalue weighted by Crippen LogP contribution is -2.14. The Labute approximate surface area is 126 Å². The normalized spacial score (nSPS) is 10.9. The molecule has 1 aromatic rings. The number of ether oxygens (including phenoxy) is 2. The highest BCUT2D eigenvalue weighted by atomic mass is 35.5. The van der Waals surface area contributed by atoms with Crippen molar-refractivity contribution in [3.05, 3.63) is 35.4 Å². The maximum Gasteiger partial charge on any atom is 0.127 e. The average Bonchev–Trinajstić information content (AvgIpc) is 2.47. The summed E-state index contributed by atoms with van der Waals surface area (Å²) >= 11 is 5.51. The minimum Gasteiger partial charge on any atom is -0.493 e. The molecule has 0 aliphatic rings. The number of benzene rings is 1. The van der Waals surface area contributed by atoms with Crippen molar-refractivity contribution in [3.8, 4) is 11.5 Å². The molecule has 4 heteroatoms. The van der Waals surface area contributed by atoms with Gasteiger partial charge in [0.05, 0.1) is 6.61 Å². The Kier molecular flexibility index (Phi) is 8.92. The van der Waals surface area contributed by atoms with Crippen LogP contribution in [0, 0.1) is 0 Å². The molecule has 0 aliphatic heterocycles. The number of hydrogen-bond donors (Lipinski definition) is 1. The summed E-state index contributed by atoms with van der Waals surface area (Å²) in [4.78, 5) is 0. The van der Waals surface area contributed by atoms with Gasteiger partial charge in [-0.05, 0) is 31.5 Å². The van der Waals surface area contributed by atoms with E-state index >= 15 is 0 Å². The summed E-state index contributed by atoms with van der Waals surface area (Å²) in [6.45, 7) is 7.20. The number of rotatable bonds is 10. The van der Waals surface area contributed by atoms with Crippen LogP contribution in [-0.4, -0.2) is 19.8 Å². The fraction of sp³-hybridized carbons (Fsp3) is 0.500. The molecule has 0 radical (unpaired) electrons. The van der Waals surface area contributed by atoms with E-state index in [-0.39, 0.29) is 0 Å². The van der Waals surface area contributed by atoms with Crippen LogP contribution in [0.15, 0.2) is 29.8 Å². The average molecular weight is 298 g/mol. The van der Waals surface area contributed by atoms with Crippen molar-refractivity contribution in [3.63, 3.8) is 0 Å². The maximum absolute atomic E-state index is 5.74. The van der Waals surface area contributed by atoms with Crippen molar-refractivity contribution in [2.75, 3.05) is 19.8 Å². The molecule has 3 nitrogen and oxygen atoms in total. The lowest BCUT2D eigenvalue weighted by molar-refractivity contribution is 0.311. The van der Waals surface area contributed by atoms with Crippen molar-refractivity contribution < 1.29 is 9.47 Å². The Morgan fingerprint density at radius 1 is 1.20 bits per heavy atom. The summed E-state index contributed by atoms with van der Waals surface area (Å²) in [5, 5.41) is 3.38. The quantitative estimate of drug-likeness (QED) is 0.659. The van der Waals surface area contributed by atoms with Crippen molar-refractivity contribution in [1.82, 2.24) is 5.32 Å². The maximum atomic E-state index is 5.74. The van der Waals surface area contributed by atoms with Crippen LogP contribution in [0.5, 0.6) is 11.5 Å². The number of nitrogens with one attached hydrogen (secondary N) is 1. The summed E-state index contributed by atoms with van der Waals surface area (Å²) in [5.74, 6) is 1.69. The zero-order valence-electron chi connectivity index (χ0n) is 12.3. The molecular weight excluding hydrogens is 274 g/mol. The number of halogens is 1. The molecule has 0 amide bonds. The summed E-state index contributed by atoms with van der Waals surface area (Å²) in [6, 6.07) is 5.98. The zero-order chi connectivity index (χ0) is 14.6. The molecule has 0 aromatic heterocycles. The lowest BCUT2D eigenvalue weighted by Gasteiger charge is -2.13. The fourth-order valence-electron chi connectivity index (χ4n) is 1.70. The van der Waals surface area contributed by atoms with E-state index in [1.54, 1.807) is 6.08 Å². The Morgan fingerprint density at radius 2 is 2.05 bits per heavy atom. The van der Waals surface area contributed by atoms with E-state index in [1.807, 2.05) is 18.2 Å². The molecule has 0 saturated carbocycles. The van der Waals surface area contributed by atoms with E-state index in [0.717, 1.165) is 43.0 Å². The summed E-state index contributed by atoms with van der Waals surface area (Å²) in [5.41, 5.74) is 2.59. The third-order valence-corrected chi connectivity index (χ3v) is 2.86. The summed E-state index contributed by atoms with van der Waals surface area (Å²) in [6.07, 6.45) is 3.87. The minimum absolute atomic E-state index is 0.460. The van der Waals surface area contributed by atoms with Crippen LogP contribution in [0.25, 0.3) is 0 Å². The van der Waals surface area contributed by atoms with Gasteiger partial charge in [0, 0.05) is 23.7 Å². The molecule has 20 heavy (non-hydrogen) atoms. The van der Waals surface area contributed by atoms with Gasteiger partial charge in [0.25, 0.3) is 0 Å². The van der Waals surface area contributed by atoms with Crippen LogP contribution in [-0.2, 0) is 6.54 Å². The predicted octanol–water partition coefficient (Wildman–Crippen LogP) is 4.11. The molecule has 0 unspecified atom stereocenters. The topological polar surface area (TPSA) is 30.5 Å². The third kappa shape index (κ3) is 6.31. The van der Waals surface area contributed by atoms with Gasteiger partial charge in [0.2, 0.25) is 0 Å². The largest absolute Gasteiger partial charge is 0.493 e. The Balaban J connectivity index is 2.73. The van der Waals surface area contributed by atoms with Crippen molar-refractivity contribution >= 4 is 11.6 Å². The Bertz CT molecular complexity index is 407. The molecule has 1 aromatic carbocycles. The Morgan fingerprint density at radius 3 is 2.75 bits per heavy atom. The van der Waals surface area contributed by atoms with Crippen molar-refractivity contribution in [2.24, 2.45) is 0 Å². The first-order valence-corrected chi connectivity index (χ1v) is 7.59. The van der Waals surface area contributed by atoms with E-state index in [2.05, 4.69) is 19.2 Å². The van der Waals surface area contributed by atoms with Gasteiger partial charge < -0.3 is 14.8 Å². The van der Waals surface area contributed by atoms with Crippen LogP contribution in [0.3, 0.4) is 0 Å². The van der Waals surface area contributed by atoms with Gasteiger partial charge in [-0.25, -0.2) is 0 Å². The lowest BCUT2D eigenvalue weighted by atomic mass is 10.2. The monoisotopic (exact) mass is 297 g/mol. The third-order valence-electron chi connectivity index (χ3n) is 2.68. The first kappa shape index (κ1) is 16.9. The summed E-state index contributed by atoms with van der Waals surface area (Å²) in [7, 11) is 0. The minimum atomic E-state index is 0.460. The second-order valence-corrected chi connectivity index (χ2v) is 4.72. The van der Waals surface area contributed by atoms with E-state index < -0.39 is 0 Å². The molecule has 0 spiro atoms. The first-order valence-electron chi connectivity index (χ1n) is 7.16. The molecular formula is C16H24ClNO2. The Hall–Kier alpha value is -1.19. The van der Waals surface area contributed by atoms with E-state index in [1.165, 1.54) is 5.54 Å². The van der Waals surface area contributed by atoms with Gasteiger partial charge in [0.1, 0.15) is 18.1 Å². The molecule has 1 N–H and O–H groups in total. The highest BCUT2D eigenvalue weighted by Crippen LogP contribution is 2.25. The second-order valence-electron chi connectivity index (χ2n) is 4.47. The molecule has 0 heterocycles. The molecule has 0 bridgehead atoms. The SMILES string of the molecule is CCCNCc1ccc(OCCC)cc1OC/C=C/Cl. The van der Waals surface area contributed by atoms with E-state index in [9.17, 15) is 0 Å². The van der Waals surface area contributed by atoms with Gasteiger partial charge in [-0.2, -0.15) is 0 Å². The highest BCUT2D eigenvalue weighted by molar-refractivity contribution is 6.25. The standard InChI is InChI=1S/C16H24ClNO2/c1-3-9-18-13-14-6-7-15(19-10-4-2)12-16(14)20-11-5-8-17/h5-8,12,18H,3-4,9-11,13H2,1-2H3/b8-5+. The van der Waals surface area contributed by atoms with Gasteiger partial charge >= 0.3 is 0 Å². The van der Waals surface area contributed by atoms with Gasteiger partial charge in [-0.15, -0.1) is 0 Å². The molecule has 112 valence electrons. The van der Waals surface area contributed by atoms with Gasteiger partial charge in [0.15, 0.2) is 0 Å². The fourth-order valence-corrected chi connectivity index (χ4v) is 1.77. The predicted molar refractivity (Wildman–Crippen MR) is 84.7 cm³/mol. The molecule has 1 rings (SSSR count). The summed E-state index contributed by atoms with van der Waals surface area (Å²) < 4.78 is 11.4. The van der Waals surface area contributed by atoms with Crippen LogP contribution in [0.1, 0.15) is 32.3 Å². The molecule has 0 fully saturated rings. The highest BCUT2D eigenvalue weighted by Gasteiger charge is 2.06.